The number of hydrogen-bond donors (Lipinski definition) is 1. The van der Waals surface area contributed by atoms with E-state index >= 15 is 0 Å². The third-order valence-corrected chi connectivity index (χ3v) is 13.7. The van der Waals surface area contributed by atoms with Crippen LogP contribution in [0.15, 0.2) is 103 Å². The van der Waals surface area contributed by atoms with Crippen LogP contribution in [0.3, 0.4) is 0 Å². The second-order valence-corrected chi connectivity index (χ2v) is 16.8. The fraction of sp³-hybridized carbons (Fsp3) is 0.176. The van der Waals surface area contributed by atoms with Crippen LogP contribution in [-0.4, -0.2) is 19.2 Å². The molecule has 8 heteroatoms. The summed E-state index contributed by atoms with van der Waals surface area (Å²) in [5.41, 5.74) is 3.51. The van der Waals surface area contributed by atoms with Gasteiger partial charge < -0.3 is 9.74 Å². The normalized spacial score (nSPS) is 12.0. The molecule has 0 aliphatic rings. The molecule has 214 valence electrons. The molecule has 0 unspecified atom stereocenters. The first kappa shape index (κ1) is 30.5. The van der Waals surface area contributed by atoms with Crippen LogP contribution in [0.25, 0.3) is 10.9 Å². The van der Waals surface area contributed by atoms with E-state index in [2.05, 4.69) is 90.5 Å². The number of anilines is 1. The number of carbonyl (C=O) groups excluding carboxylic acids is 1. The maximum Gasteiger partial charge on any atom is 0.261 e. The molecule has 5 rings (SSSR count). The van der Waals surface area contributed by atoms with E-state index in [1.165, 1.54) is 10.4 Å². The van der Waals surface area contributed by atoms with Gasteiger partial charge in [0.2, 0.25) is 0 Å². The lowest BCUT2D eigenvalue weighted by molar-refractivity contribution is 0.102. The number of rotatable bonds is 8. The first-order chi connectivity index (χ1) is 20.2. The van der Waals surface area contributed by atoms with Crippen LogP contribution >= 0.6 is 39.1 Å². The van der Waals surface area contributed by atoms with Gasteiger partial charge in [0.05, 0.1) is 33.4 Å². The summed E-state index contributed by atoms with van der Waals surface area (Å²) in [7, 11) is -2.79. The molecule has 0 spiro atoms. The smallest absolute Gasteiger partial charge is 0.261 e. The van der Waals surface area contributed by atoms with Crippen molar-refractivity contribution in [2.75, 3.05) is 5.32 Å². The average molecular weight is 679 g/mol. The maximum absolute atomic E-state index is 13.3. The van der Waals surface area contributed by atoms with Gasteiger partial charge in [-0.15, -0.1) is 0 Å². The summed E-state index contributed by atoms with van der Waals surface area (Å²) < 4.78 is 7.29. The van der Waals surface area contributed by atoms with Crippen LogP contribution < -0.4 is 15.7 Å². The largest absolute Gasteiger partial charge is 0.403 e. The quantitative estimate of drug-likeness (QED) is 0.132. The van der Waals surface area contributed by atoms with Crippen molar-refractivity contribution in [2.24, 2.45) is 0 Å². The van der Waals surface area contributed by atoms with Crippen molar-refractivity contribution in [3.05, 3.63) is 130 Å². The number of para-hydroxylation sites is 1. The van der Waals surface area contributed by atoms with Gasteiger partial charge >= 0.3 is 0 Å². The zero-order valence-electron chi connectivity index (χ0n) is 23.6. The summed E-state index contributed by atoms with van der Waals surface area (Å²) >= 11 is 16.3. The van der Waals surface area contributed by atoms with Gasteiger partial charge in [0, 0.05) is 16.9 Å². The molecule has 4 nitrogen and oxygen atoms in total. The second-order valence-electron chi connectivity index (χ2n) is 11.1. The Morgan fingerprint density at radius 3 is 1.98 bits per heavy atom. The van der Waals surface area contributed by atoms with Gasteiger partial charge in [-0.1, -0.05) is 139 Å². The molecule has 0 fully saturated rings. The summed E-state index contributed by atoms with van der Waals surface area (Å²) in [5.74, 6) is -0.394. The van der Waals surface area contributed by atoms with Crippen LogP contribution in [0.2, 0.25) is 15.1 Å². The highest BCUT2D eigenvalue weighted by atomic mass is 79.9. The Balaban J connectivity index is 1.60. The summed E-state index contributed by atoms with van der Waals surface area (Å²) in [6.07, 6.45) is 1.85. The zero-order valence-corrected chi connectivity index (χ0v) is 27.7. The summed E-state index contributed by atoms with van der Waals surface area (Å²) in [5, 5.41) is 7.34. The van der Waals surface area contributed by atoms with Crippen LogP contribution in [0.5, 0.6) is 0 Å². The van der Waals surface area contributed by atoms with Gasteiger partial charge in [0.1, 0.15) is 0 Å². The molecule has 0 bridgehead atoms. The van der Waals surface area contributed by atoms with Crippen molar-refractivity contribution in [3.63, 3.8) is 0 Å². The fourth-order valence-corrected chi connectivity index (χ4v) is 11.1. The Kier molecular flexibility index (Phi) is 9.21. The number of pyridine rings is 1. The van der Waals surface area contributed by atoms with E-state index in [9.17, 15) is 4.79 Å². The summed E-state index contributed by atoms with van der Waals surface area (Å²) in [6.45, 7) is 7.18. The minimum absolute atomic E-state index is 0.166. The van der Waals surface area contributed by atoms with Crippen molar-refractivity contribution in [1.29, 1.82) is 0 Å². The molecular formula is C34H31BrCl2N2O2Si. The van der Waals surface area contributed by atoms with Crippen molar-refractivity contribution < 1.29 is 9.22 Å². The van der Waals surface area contributed by atoms with Gasteiger partial charge in [-0.3, -0.25) is 9.78 Å². The molecule has 4 aromatic carbocycles. The van der Waals surface area contributed by atoms with Gasteiger partial charge in [0.25, 0.3) is 14.2 Å². The number of nitrogens with one attached hydrogen (secondary N) is 1. The Bertz CT molecular complexity index is 1670. The number of amides is 1. The predicted octanol–water partition coefficient (Wildman–Crippen LogP) is 8.77. The van der Waals surface area contributed by atoms with E-state index in [4.69, 9.17) is 32.6 Å². The number of halogens is 3. The first-order valence-electron chi connectivity index (χ1n) is 13.6. The summed E-state index contributed by atoms with van der Waals surface area (Å²) in [4.78, 5) is 18.0. The molecule has 5 aromatic rings. The molecule has 0 aliphatic carbocycles. The standard InChI is InChI=1S/C34H31BrCl2N2O2Si/c1-34(2,3)42(24-12-6-4-7-13-24,25-14-8-5-9-15-25)41-22-27-23(20-35)21-38-32-26(27)16-10-19-30(32)39-33(40)31-28(36)17-11-18-29(31)37/h4-19,21H,20,22H2,1-3H3,(H,39,40). The average Bonchev–Trinajstić information content (AvgIpc) is 2.98. The molecule has 1 amide bonds. The van der Waals surface area contributed by atoms with Crippen molar-refractivity contribution in [3.8, 4) is 0 Å². The Hall–Kier alpha value is -3.00. The summed E-state index contributed by atoms with van der Waals surface area (Å²) in [6, 6.07) is 31.9. The van der Waals surface area contributed by atoms with Crippen LogP contribution in [0, 0.1) is 0 Å². The molecule has 0 saturated heterocycles. The van der Waals surface area contributed by atoms with Crippen molar-refractivity contribution in [1.82, 2.24) is 4.98 Å². The lowest BCUT2D eigenvalue weighted by Crippen LogP contribution is -2.66. The lowest BCUT2D eigenvalue weighted by atomic mass is 10.0. The van der Waals surface area contributed by atoms with E-state index < -0.39 is 14.2 Å². The van der Waals surface area contributed by atoms with Crippen molar-refractivity contribution in [2.45, 2.75) is 37.7 Å². The molecule has 1 N–H and O–H groups in total. The lowest BCUT2D eigenvalue weighted by Gasteiger charge is -2.43. The van der Waals surface area contributed by atoms with E-state index in [1.807, 2.05) is 36.5 Å². The molecule has 0 atom stereocenters. The fourth-order valence-electron chi connectivity index (χ4n) is 5.55. The van der Waals surface area contributed by atoms with Crippen LogP contribution in [0.4, 0.5) is 5.69 Å². The minimum atomic E-state index is -2.79. The highest BCUT2D eigenvalue weighted by molar-refractivity contribution is 9.08. The van der Waals surface area contributed by atoms with Crippen molar-refractivity contribution >= 4 is 80.3 Å². The van der Waals surface area contributed by atoms with Gasteiger partial charge in [-0.05, 0) is 44.7 Å². The Morgan fingerprint density at radius 2 is 1.43 bits per heavy atom. The second kappa shape index (κ2) is 12.7. The topological polar surface area (TPSA) is 51.2 Å². The predicted molar refractivity (Wildman–Crippen MR) is 181 cm³/mol. The molecule has 1 heterocycles. The molecule has 0 saturated carbocycles. The molecular weight excluding hydrogens is 647 g/mol. The third kappa shape index (κ3) is 5.79. The van der Waals surface area contributed by atoms with E-state index in [1.54, 1.807) is 18.2 Å². The minimum Gasteiger partial charge on any atom is -0.403 e. The van der Waals surface area contributed by atoms with E-state index in [-0.39, 0.29) is 20.6 Å². The number of hydrogen-bond acceptors (Lipinski definition) is 3. The Labute approximate surface area is 266 Å². The monoisotopic (exact) mass is 676 g/mol. The van der Waals surface area contributed by atoms with E-state index in [0.717, 1.165) is 16.5 Å². The van der Waals surface area contributed by atoms with E-state index in [0.29, 0.717) is 23.1 Å². The van der Waals surface area contributed by atoms with Crippen LogP contribution in [-0.2, 0) is 16.4 Å². The first-order valence-corrected chi connectivity index (χ1v) is 17.4. The Morgan fingerprint density at radius 1 is 0.857 bits per heavy atom. The van der Waals surface area contributed by atoms with Gasteiger partial charge in [-0.2, -0.15) is 0 Å². The molecule has 0 aliphatic heterocycles. The maximum atomic E-state index is 13.3. The highest BCUT2D eigenvalue weighted by Crippen LogP contribution is 2.38. The number of nitrogens with zero attached hydrogens (tertiary/aromatic N) is 1. The number of fused-ring (bicyclic) bond motifs is 1. The number of benzene rings is 4. The number of alkyl halides is 1. The molecule has 1 aromatic heterocycles. The number of aromatic nitrogens is 1. The van der Waals surface area contributed by atoms with Gasteiger partial charge in [-0.25, -0.2) is 0 Å². The zero-order chi connectivity index (χ0) is 29.9. The van der Waals surface area contributed by atoms with Crippen LogP contribution in [0.1, 0.15) is 42.3 Å². The number of carbonyl (C=O) groups is 1. The molecule has 0 radical (unpaired) electrons. The third-order valence-electron chi connectivity index (χ3n) is 7.53. The van der Waals surface area contributed by atoms with Gasteiger partial charge in [0.15, 0.2) is 0 Å². The highest BCUT2D eigenvalue weighted by Gasteiger charge is 2.50. The molecule has 42 heavy (non-hydrogen) atoms. The SMILES string of the molecule is CC(C)(C)[Si](OCc1c(CBr)cnc2c(NC(=O)c3c(Cl)cccc3Cl)cccc12)(c1ccccc1)c1ccccc1.